The zero-order valence-electron chi connectivity index (χ0n) is 5.99. The molecule has 0 amide bonds. The van der Waals surface area contributed by atoms with Crippen LogP contribution in [0.5, 0.6) is 0 Å². The van der Waals surface area contributed by atoms with E-state index < -0.39 is 18.1 Å². The number of hydrogen-bond acceptors (Lipinski definition) is 8. The van der Waals surface area contributed by atoms with Gasteiger partial charge in [0.05, 0.1) is 0 Å². The fraction of sp³-hybridized carbons (Fsp3) is 0. The van der Waals surface area contributed by atoms with E-state index in [-0.39, 0.29) is 96.7 Å². The second kappa shape index (κ2) is 16.8. The molecule has 0 radical (unpaired) electrons. The first-order valence-electron chi connectivity index (χ1n) is 1.33. The Morgan fingerprint density at radius 2 is 0.714 bits per heavy atom. The molecule has 0 fully saturated rings. The summed E-state index contributed by atoms with van der Waals surface area (Å²) in [6.45, 7) is 0. The third-order valence-corrected chi connectivity index (χ3v) is 0. The minimum Gasteiger partial charge on any atom is -0.780 e. The molecular formula is Au3NaO6S4. The fourth-order valence-corrected chi connectivity index (χ4v) is 0. The number of hydrogen-bond donors (Lipinski definition) is 0. The van der Waals surface area contributed by atoms with Crippen molar-refractivity contribution in [2.45, 2.75) is 0 Å². The summed E-state index contributed by atoms with van der Waals surface area (Å²) < 4.78 is 53.3. The Hall–Kier alpha value is 3.80. The Labute approximate surface area is 161 Å². The zero-order valence-corrected chi connectivity index (χ0v) is 17.8. The van der Waals surface area contributed by atoms with Crippen LogP contribution in [0, 0.1) is 0 Å². The Morgan fingerprint density at radius 3 is 0.714 bits per heavy atom. The van der Waals surface area contributed by atoms with Gasteiger partial charge in [-0.3, -0.25) is 8.42 Å². The van der Waals surface area contributed by atoms with Crippen molar-refractivity contribution in [3.8, 4) is 0 Å². The molecular weight excluding hydrogens is 838 g/mol. The topological polar surface area (TPSA) is 126 Å². The summed E-state index contributed by atoms with van der Waals surface area (Å²) in [5.41, 5.74) is 0. The zero-order chi connectivity index (χ0) is 9.00. The van der Waals surface area contributed by atoms with Crippen LogP contribution < -0.4 is 29.6 Å². The van der Waals surface area contributed by atoms with Crippen LogP contribution in [0.2, 0.25) is 0 Å². The van der Waals surface area contributed by atoms with Gasteiger partial charge in [-0.25, -0.2) is 0 Å². The van der Waals surface area contributed by atoms with E-state index in [1.807, 2.05) is 0 Å². The molecule has 14 heteroatoms. The predicted octanol–water partition coefficient (Wildman–Crippen LogP) is -5.02. The molecule has 0 aromatic carbocycles. The van der Waals surface area contributed by atoms with Crippen LogP contribution in [0.1, 0.15) is 0 Å². The van der Waals surface area contributed by atoms with Gasteiger partial charge >= 0.3 is 96.7 Å². The summed E-state index contributed by atoms with van der Waals surface area (Å²) in [7, 11) is -8.67. The van der Waals surface area contributed by atoms with Crippen molar-refractivity contribution < 1.29 is 123 Å². The molecule has 0 N–H and O–H groups in total. The first-order valence-corrected chi connectivity index (χ1v) is 6.00. The summed E-state index contributed by atoms with van der Waals surface area (Å²) in [4.78, 5) is 0. The summed E-state index contributed by atoms with van der Waals surface area (Å²) in [5.74, 6) is 0. The molecule has 94 valence electrons. The minimum absolute atomic E-state index is 0. The van der Waals surface area contributed by atoms with Crippen LogP contribution in [-0.4, -0.2) is 26.6 Å². The monoisotopic (exact) mass is 838 g/mol. The van der Waals surface area contributed by atoms with E-state index in [9.17, 15) is 0 Å². The molecule has 0 saturated heterocycles. The van der Waals surface area contributed by atoms with Gasteiger partial charge in [-0.2, -0.15) is 0 Å². The maximum atomic E-state index is 8.89. The van der Waals surface area contributed by atoms with E-state index in [1.54, 1.807) is 0 Å². The average Bonchev–Trinajstić information content (AvgIpc) is 1.12. The summed E-state index contributed by atoms with van der Waals surface area (Å²) in [6.07, 6.45) is 0. The Balaban J connectivity index is -0.0000000178. The van der Waals surface area contributed by atoms with Crippen molar-refractivity contribution in [1.82, 2.24) is 0 Å². The Kier molecular flexibility index (Phi) is 43.3. The van der Waals surface area contributed by atoms with Crippen LogP contribution in [0.4, 0.5) is 0 Å². The van der Waals surface area contributed by atoms with Crippen LogP contribution in [0.3, 0.4) is 0 Å². The third-order valence-electron chi connectivity index (χ3n) is 0. The van der Waals surface area contributed by atoms with Crippen LogP contribution in [0.25, 0.3) is 0 Å². The average molecular weight is 838 g/mol. The van der Waals surface area contributed by atoms with E-state index in [4.69, 9.17) is 26.6 Å². The molecule has 0 atom stereocenters. The largest absolute Gasteiger partial charge is 1.00 e. The van der Waals surface area contributed by atoms with Crippen molar-refractivity contribution in [1.29, 1.82) is 0 Å². The van der Waals surface area contributed by atoms with Gasteiger partial charge in [0.2, 0.25) is 0 Å². The molecule has 0 rings (SSSR count). The molecule has 0 aliphatic carbocycles. The second-order valence-electron chi connectivity index (χ2n) is 0.816. The van der Waals surface area contributed by atoms with Crippen LogP contribution in [-0.2, 0) is 108 Å². The molecule has 0 spiro atoms. The molecule has 0 aromatic rings. The molecule has 0 bridgehead atoms. The van der Waals surface area contributed by atoms with Crippen molar-refractivity contribution >= 4 is 40.5 Å². The quantitative estimate of drug-likeness (QED) is 0.223. The van der Waals surface area contributed by atoms with E-state index >= 15 is 0 Å². The standard InChI is InChI=1S/3Au.Na.2H2O3S2/c;;;;2*1-5(2,3)4/h;;;;2*(H2,1,2,3,4)/q4*+1;;/p-4. The van der Waals surface area contributed by atoms with E-state index in [1.165, 1.54) is 0 Å². The maximum Gasteiger partial charge on any atom is 1.00 e. The summed E-state index contributed by atoms with van der Waals surface area (Å²) in [5, 5.41) is 0. The van der Waals surface area contributed by atoms with Gasteiger partial charge in [-0.15, -0.1) is 18.1 Å². The van der Waals surface area contributed by atoms with Gasteiger partial charge in [-0.1, -0.05) is 0 Å². The van der Waals surface area contributed by atoms with Gasteiger partial charge in [0, 0.05) is 0 Å². The molecule has 0 aliphatic heterocycles. The summed E-state index contributed by atoms with van der Waals surface area (Å²) in [6, 6.07) is 0. The maximum absolute atomic E-state index is 8.89. The van der Waals surface area contributed by atoms with Gasteiger partial charge in [0.15, 0.2) is 0 Å². The normalized spacial score (nSPS) is 8.29. The molecule has 0 aliphatic rings. The third kappa shape index (κ3) is 240. The fourth-order valence-electron chi connectivity index (χ4n) is 0. The van der Waals surface area contributed by atoms with E-state index in [0.29, 0.717) is 0 Å². The first-order chi connectivity index (χ1) is 4.00. The van der Waals surface area contributed by atoms with Crippen molar-refractivity contribution in [3.63, 3.8) is 0 Å². The summed E-state index contributed by atoms with van der Waals surface area (Å²) >= 11 is 6.49. The SMILES string of the molecule is O=S([O-])([O-])=S.O=S([O-])([O-])=S.[Au+].[Au+].[Au+].[Na+]. The van der Waals surface area contributed by atoms with Gasteiger partial charge in [-0.05, 0) is 22.4 Å². The van der Waals surface area contributed by atoms with Crippen molar-refractivity contribution in [2.24, 2.45) is 0 Å². The van der Waals surface area contributed by atoms with Crippen LogP contribution >= 0.6 is 0 Å². The first kappa shape index (κ1) is 36.1. The van der Waals surface area contributed by atoms with Crippen molar-refractivity contribution in [2.75, 3.05) is 0 Å². The Bertz CT molecular complexity index is 221. The van der Waals surface area contributed by atoms with Crippen molar-refractivity contribution in [3.05, 3.63) is 0 Å². The number of rotatable bonds is 0. The molecule has 0 aromatic heterocycles. The van der Waals surface area contributed by atoms with Gasteiger partial charge in [0.1, 0.15) is 0 Å². The smallest absolute Gasteiger partial charge is 0.780 e. The van der Waals surface area contributed by atoms with Gasteiger partial charge in [0.25, 0.3) is 0 Å². The predicted molar refractivity (Wildman–Crippen MR) is 34.1 cm³/mol. The Morgan fingerprint density at radius 1 is 0.714 bits per heavy atom. The van der Waals surface area contributed by atoms with E-state index in [2.05, 4.69) is 22.4 Å². The molecule has 6 nitrogen and oxygen atoms in total. The van der Waals surface area contributed by atoms with Gasteiger partial charge < -0.3 is 18.2 Å². The van der Waals surface area contributed by atoms with Crippen LogP contribution in [0.15, 0.2) is 0 Å². The molecule has 14 heavy (non-hydrogen) atoms. The molecule has 0 heterocycles. The molecule has 0 saturated carbocycles. The second-order valence-corrected chi connectivity index (χ2v) is 4.90. The molecule has 0 unspecified atom stereocenters. The minimum atomic E-state index is -4.33. The van der Waals surface area contributed by atoms with E-state index in [0.717, 1.165) is 0 Å².